The van der Waals surface area contributed by atoms with Crippen molar-refractivity contribution in [3.63, 3.8) is 0 Å². The minimum atomic E-state index is -0.177. The lowest BCUT2D eigenvalue weighted by molar-refractivity contribution is -0.115. The Kier molecular flexibility index (Phi) is 8.78. The lowest BCUT2D eigenvalue weighted by Gasteiger charge is -2.15. The van der Waals surface area contributed by atoms with Gasteiger partial charge in [-0.15, -0.1) is 24.0 Å². The highest BCUT2D eigenvalue weighted by atomic mass is 127. The SMILES string of the molecule is CN=C(NCC(=O)Nc1cccnc1)NCc1ccccc1-n1nc(C)cc1C.I. The molecule has 0 aliphatic heterocycles. The van der Waals surface area contributed by atoms with Crippen LogP contribution in [0, 0.1) is 13.8 Å². The third kappa shape index (κ3) is 6.28. The molecule has 1 aromatic carbocycles. The van der Waals surface area contributed by atoms with E-state index in [1.165, 1.54) is 0 Å². The van der Waals surface area contributed by atoms with Gasteiger partial charge in [0.05, 0.1) is 29.8 Å². The molecule has 30 heavy (non-hydrogen) atoms. The van der Waals surface area contributed by atoms with E-state index in [4.69, 9.17) is 0 Å². The molecule has 3 N–H and O–H groups in total. The van der Waals surface area contributed by atoms with Gasteiger partial charge in [-0.25, -0.2) is 4.68 Å². The lowest BCUT2D eigenvalue weighted by atomic mass is 10.1. The monoisotopic (exact) mass is 519 g/mol. The molecular formula is C21H26IN7O. The minimum Gasteiger partial charge on any atom is -0.352 e. The van der Waals surface area contributed by atoms with Gasteiger partial charge in [-0.05, 0) is 43.7 Å². The van der Waals surface area contributed by atoms with Crippen LogP contribution in [0.1, 0.15) is 17.0 Å². The Morgan fingerprint density at radius 3 is 2.60 bits per heavy atom. The van der Waals surface area contributed by atoms with Crippen molar-refractivity contribution in [1.29, 1.82) is 0 Å². The minimum absolute atomic E-state index is 0. The molecule has 0 saturated heterocycles. The fraction of sp³-hybridized carbons (Fsp3) is 0.238. The molecule has 0 aliphatic carbocycles. The first-order valence-corrected chi connectivity index (χ1v) is 9.33. The molecular weight excluding hydrogens is 493 g/mol. The van der Waals surface area contributed by atoms with Gasteiger partial charge in [0.25, 0.3) is 0 Å². The van der Waals surface area contributed by atoms with E-state index in [1.54, 1.807) is 31.6 Å². The number of hydrogen-bond donors (Lipinski definition) is 3. The highest BCUT2D eigenvalue weighted by Gasteiger charge is 2.10. The van der Waals surface area contributed by atoms with Crippen LogP contribution in [0.2, 0.25) is 0 Å². The normalized spacial score (nSPS) is 10.8. The van der Waals surface area contributed by atoms with Crippen molar-refractivity contribution in [2.24, 2.45) is 4.99 Å². The number of pyridine rings is 1. The Bertz CT molecular complexity index is 1000. The number of guanidine groups is 1. The number of rotatable bonds is 6. The maximum atomic E-state index is 12.1. The number of nitrogens with one attached hydrogen (secondary N) is 3. The molecule has 0 radical (unpaired) electrons. The summed E-state index contributed by atoms with van der Waals surface area (Å²) in [5, 5.41) is 13.6. The summed E-state index contributed by atoms with van der Waals surface area (Å²) in [5.74, 6) is 0.360. The molecule has 3 rings (SSSR count). The van der Waals surface area contributed by atoms with Gasteiger partial charge in [0.2, 0.25) is 5.91 Å². The summed E-state index contributed by atoms with van der Waals surface area (Å²) in [5.41, 5.74) is 4.78. The predicted molar refractivity (Wildman–Crippen MR) is 130 cm³/mol. The van der Waals surface area contributed by atoms with Gasteiger partial charge < -0.3 is 16.0 Å². The van der Waals surface area contributed by atoms with Gasteiger partial charge in [-0.2, -0.15) is 5.10 Å². The van der Waals surface area contributed by atoms with E-state index in [9.17, 15) is 4.79 Å². The molecule has 0 saturated carbocycles. The number of anilines is 1. The second-order valence-electron chi connectivity index (χ2n) is 6.54. The largest absolute Gasteiger partial charge is 0.352 e. The second kappa shape index (κ2) is 11.3. The summed E-state index contributed by atoms with van der Waals surface area (Å²) >= 11 is 0. The van der Waals surface area contributed by atoms with Crippen molar-refractivity contribution >= 4 is 41.5 Å². The number of para-hydroxylation sites is 1. The Morgan fingerprint density at radius 1 is 1.13 bits per heavy atom. The van der Waals surface area contributed by atoms with Crippen molar-refractivity contribution in [3.05, 3.63) is 71.8 Å². The zero-order valence-corrected chi connectivity index (χ0v) is 19.5. The van der Waals surface area contributed by atoms with Crippen LogP contribution in [-0.4, -0.2) is 40.2 Å². The van der Waals surface area contributed by atoms with Crippen LogP contribution < -0.4 is 16.0 Å². The number of aromatic nitrogens is 3. The van der Waals surface area contributed by atoms with Crippen LogP contribution in [0.15, 0.2) is 59.9 Å². The van der Waals surface area contributed by atoms with Gasteiger partial charge in [0.1, 0.15) is 0 Å². The Balaban J connectivity index is 0.00000320. The number of amides is 1. The summed E-state index contributed by atoms with van der Waals surface area (Å²) in [4.78, 5) is 20.3. The van der Waals surface area contributed by atoms with Gasteiger partial charge in [-0.3, -0.25) is 14.8 Å². The third-order valence-electron chi connectivity index (χ3n) is 4.26. The van der Waals surface area contributed by atoms with E-state index in [1.807, 2.05) is 48.9 Å². The van der Waals surface area contributed by atoms with Crippen LogP contribution in [0.4, 0.5) is 5.69 Å². The number of hydrogen-bond acceptors (Lipinski definition) is 4. The number of aryl methyl sites for hydroxylation is 2. The van der Waals surface area contributed by atoms with Gasteiger partial charge in [-0.1, -0.05) is 18.2 Å². The molecule has 8 nitrogen and oxygen atoms in total. The van der Waals surface area contributed by atoms with Crippen LogP contribution in [0.25, 0.3) is 5.69 Å². The first kappa shape index (κ1) is 23.3. The number of halogens is 1. The van der Waals surface area contributed by atoms with Crippen LogP contribution in [0.5, 0.6) is 0 Å². The molecule has 0 atom stereocenters. The quantitative estimate of drug-likeness (QED) is 0.265. The first-order chi connectivity index (χ1) is 14.1. The maximum absolute atomic E-state index is 12.1. The van der Waals surface area contributed by atoms with Crippen LogP contribution in [0.3, 0.4) is 0 Å². The topological polar surface area (TPSA) is 96.2 Å². The molecule has 0 spiro atoms. The summed E-state index contributed by atoms with van der Waals surface area (Å²) in [6.07, 6.45) is 3.25. The third-order valence-corrected chi connectivity index (χ3v) is 4.26. The Hall–Kier alpha value is -2.95. The molecule has 9 heteroatoms. The number of aliphatic imine (C=N–C) groups is 1. The van der Waals surface area contributed by atoms with Crippen molar-refractivity contribution in [2.75, 3.05) is 18.9 Å². The highest BCUT2D eigenvalue weighted by Crippen LogP contribution is 2.16. The van der Waals surface area contributed by atoms with E-state index in [0.717, 1.165) is 22.6 Å². The average Bonchev–Trinajstić information content (AvgIpc) is 3.07. The molecule has 2 heterocycles. The second-order valence-corrected chi connectivity index (χ2v) is 6.54. The van der Waals surface area contributed by atoms with Crippen molar-refractivity contribution in [2.45, 2.75) is 20.4 Å². The van der Waals surface area contributed by atoms with Crippen LogP contribution in [-0.2, 0) is 11.3 Å². The Labute approximate surface area is 193 Å². The zero-order chi connectivity index (χ0) is 20.6. The molecule has 3 aromatic rings. The standard InChI is InChI=1S/C21H25N7O.HI/c1-15-11-16(2)28(27-15)19-9-5-4-7-17(19)12-24-21(22-3)25-14-20(29)26-18-8-6-10-23-13-18;/h4-11,13H,12,14H2,1-3H3,(H,26,29)(H2,22,24,25);1H. The molecule has 2 aromatic heterocycles. The van der Waals surface area contributed by atoms with Gasteiger partial charge >= 0.3 is 0 Å². The maximum Gasteiger partial charge on any atom is 0.243 e. The molecule has 1 amide bonds. The van der Waals surface area contributed by atoms with Crippen molar-refractivity contribution < 1.29 is 4.79 Å². The molecule has 0 unspecified atom stereocenters. The van der Waals surface area contributed by atoms with Crippen LogP contribution >= 0.6 is 24.0 Å². The van der Waals surface area contributed by atoms with Crippen molar-refractivity contribution in [3.8, 4) is 5.69 Å². The number of carbonyl (C=O) groups is 1. The zero-order valence-electron chi connectivity index (χ0n) is 17.2. The number of benzene rings is 1. The number of nitrogens with zero attached hydrogens (tertiary/aromatic N) is 4. The molecule has 0 bridgehead atoms. The Morgan fingerprint density at radius 2 is 1.93 bits per heavy atom. The lowest BCUT2D eigenvalue weighted by Crippen LogP contribution is -2.41. The predicted octanol–water partition coefficient (Wildman–Crippen LogP) is 2.81. The average molecular weight is 519 g/mol. The smallest absolute Gasteiger partial charge is 0.243 e. The fourth-order valence-electron chi connectivity index (χ4n) is 2.95. The number of carbonyl (C=O) groups excluding carboxylic acids is 1. The highest BCUT2D eigenvalue weighted by molar-refractivity contribution is 14.0. The van der Waals surface area contributed by atoms with E-state index in [2.05, 4.69) is 31.0 Å². The van der Waals surface area contributed by atoms with E-state index >= 15 is 0 Å². The summed E-state index contributed by atoms with van der Waals surface area (Å²) in [6, 6.07) is 13.7. The van der Waals surface area contributed by atoms with E-state index < -0.39 is 0 Å². The van der Waals surface area contributed by atoms with E-state index in [0.29, 0.717) is 18.2 Å². The first-order valence-electron chi connectivity index (χ1n) is 9.33. The summed E-state index contributed by atoms with van der Waals surface area (Å²) in [6.45, 7) is 4.64. The molecule has 0 fully saturated rings. The molecule has 0 aliphatic rings. The van der Waals surface area contributed by atoms with Gasteiger partial charge in [0.15, 0.2) is 5.96 Å². The van der Waals surface area contributed by atoms with E-state index in [-0.39, 0.29) is 36.4 Å². The molecule has 158 valence electrons. The van der Waals surface area contributed by atoms with Gasteiger partial charge in [0, 0.05) is 25.5 Å². The summed E-state index contributed by atoms with van der Waals surface area (Å²) in [7, 11) is 1.67. The van der Waals surface area contributed by atoms with Crippen molar-refractivity contribution in [1.82, 2.24) is 25.4 Å². The summed E-state index contributed by atoms with van der Waals surface area (Å²) < 4.78 is 1.93. The fourth-order valence-corrected chi connectivity index (χ4v) is 2.95.